The molecule has 1 heterocycles. The number of nitrogens with zero attached hydrogens (tertiary/aromatic N) is 2. The second-order valence-corrected chi connectivity index (χ2v) is 7.55. The number of hydrogen-bond donors (Lipinski definition) is 2. The molecule has 2 aromatic rings. The number of benzene rings is 1. The van der Waals surface area contributed by atoms with E-state index in [0.717, 1.165) is 23.5 Å². The van der Waals surface area contributed by atoms with Crippen molar-refractivity contribution in [1.82, 2.24) is 15.1 Å². The van der Waals surface area contributed by atoms with E-state index in [0.29, 0.717) is 22.9 Å². The Labute approximate surface area is 164 Å². The average Bonchev–Trinajstić information content (AvgIpc) is 2.84. The number of carbonyl (C=O) groups excluding carboxylic acids is 1. The summed E-state index contributed by atoms with van der Waals surface area (Å²) < 4.78 is 1.97. The van der Waals surface area contributed by atoms with E-state index in [2.05, 4.69) is 24.3 Å². The van der Waals surface area contributed by atoms with Gasteiger partial charge in [0.1, 0.15) is 0 Å². The van der Waals surface area contributed by atoms with Crippen molar-refractivity contribution < 1.29 is 14.7 Å². The lowest BCUT2D eigenvalue weighted by molar-refractivity contribution is -0.142. The number of rotatable bonds is 8. The van der Waals surface area contributed by atoms with Crippen molar-refractivity contribution in [2.45, 2.75) is 53.1 Å². The maximum atomic E-state index is 12.4. The maximum absolute atomic E-state index is 12.4. The number of carboxylic acid groups (broad SMARTS) is 1. The number of aromatic nitrogens is 2. The van der Waals surface area contributed by atoms with Crippen LogP contribution in [0.4, 0.5) is 0 Å². The molecule has 2 rings (SSSR count). The summed E-state index contributed by atoms with van der Waals surface area (Å²) in [5, 5.41) is 17.1. The van der Waals surface area contributed by atoms with Gasteiger partial charge in [-0.05, 0) is 49.4 Å². The number of aliphatic carboxylic acids is 1. The van der Waals surface area contributed by atoms with Crippen molar-refractivity contribution in [1.29, 1.82) is 0 Å². The van der Waals surface area contributed by atoms with Gasteiger partial charge in [-0.1, -0.05) is 37.6 Å². The minimum atomic E-state index is -1.11. The zero-order valence-electron chi connectivity index (χ0n) is 16.1. The first kappa shape index (κ1) is 21.0. The zero-order chi connectivity index (χ0) is 20.1. The Bertz CT molecular complexity index is 813. The summed E-state index contributed by atoms with van der Waals surface area (Å²) in [6.45, 7) is 9.03. The van der Waals surface area contributed by atoms with Gasteiger partial charge in [0.05, 0.1) is 5.69 Å². The largest absolute Gasteiger partial charge is 0.479 e. The molecule has 27 heavy (non-hydrogen) atoms. The molecule has 1 amide bonds. The molecule has 1 unspecified atom stereocenters. The molecular formula is C20H26ClN3O3. The fourth-order valence-corrected chi connectivity index (χ4v) is 3.16. The molecule has 0 saturated carbocycles. The van der Waals surface area contributed by atoms with Crippen LogP contribution < -0.4 is 5.32 Å². The van der Waals surface area contributed by atoms with Gasteiger partial charge < -0.3 is 10.4 Å². The predicted octanol–water partition coefficient (Wildman–Crippen LogP) is 3.68. The van der Waals surface area contributed by atoms with Crippen LogP contribution in [0, 0.1) is 19.8 Å². The molecule has 0 bridgehead atoms. The third kappa shape index (κ3) is 5.57. The van der Waals surface area contributed by atoms with E-state index < -0.39 is 12.0 Å². The number of carboxylic acids is 1. The molecular weight excluding hydrogens is 366 g/mol. The van der Waals surface area contributed by atoms with Crippen LogP contribution in [0.25, 0.3) is 0 Å². The van der Waals surface area contributed by atoms with Crippen LogP contribution in [0.3, 0.4) is 0 Å². The number of carbonyl (C=O) groups is 2. The Morgan fingerprint density at radius 2 is 1.85 bits per heavy atom. The van der Waals surface area contributed by atoms with E-state index in [1.165, 1.54) is 0 Å². The highest BCUT2D eigenvalue weighted by molar-refractivity contribution is 6.30. The van der Waals surface area contributed by atoms with Crippen LogP contribution in [0.5, 0.6) is 0 Å². The predicted molar refractivity (Wildman–Crippen MR) is 105 cm³/mol. The van der Waals surface area contributed by atoms with E-state index in [1.54, 1.807) is 24.3 Å². The first-order chi connectivity index (χ1) is 12.7. The number of amides is 1. The minimum absolute atomic E-state index is 0.201. The van der Waals surface area contributed by atoms with E-state index in [-0.39, 0.29) is 12.3 Å². The molecule has 0 aliphatic heterocycles. The first-order valence-corrected chi connectivity index (χ1v) is 9.37. The van der Waals surface area contributed by atoms with Crippen molar-refractivity contribution in [2.75, 3.05) is 0 Å². The van der Waals surface area contributed by atoms with Gasteiger partial charge in [0.25, 0.3) is 0 Å². The van der Waals surface area contributed by atoms with E-state index in [1.807, 2.05) is 18.5 Å². The zero-order valence-corrected chi connectivity index (χ0v) is 16.9. The van der Waals surface area contributed by atoms with E-state index in [9.17, 15) is 14.7 Å². The quantitative estimate of drug-likeness (QED) is 0.718. The third-order valence-corrected chi connectivity index (χ3v) is 4.68. The molecule has 0 aliphatic rings. The van der Waals surface area contributed by atoms with Gasteiger partial charge in [-0.3, -0.25) is 9.48 Å². The summed E-state index contributed by atoms with van der Waals surface area (Å²) in [5.74, 6) is -0.939. The van der Waals surface area contributed by atoms with Crippen molar-refractivity contribution in [2.24, 2.45) is 5.92 Å². The summed E-state index contributed by atoms with van der Waals surface area (Å²) in [5.41, 5.74) is 3.50. The van der Waals surface area contributed by atoms with E-state index >= 15 is 0 Å². The van der Waals surface area contributed by atoms with Crippen LogP contribution in [0.15, 0.2) is 24.3 Å². The smallest absolute Gasteiger partial charge is 0.330 e. The van der Waals surface area contributed by atoms with Gasteiger partial charge in [-0.15, -0.1) is 0 Å². The summed E-state index contributed by atoms with van der Waals surface area (Å²) >= 11 is 5.84. The fourth-order valence-electron chi connectivity index (χ4n) is 3.03. The van der Waals surface area contributed by atoms with Crippen molar-refractivity contribution >= 4 is 23.5 Å². The molecule has 0 fully saturated rings. The van der Waals surface area contributed by atoms with Crippen LogP contribution >= 0.6 is 11.6 Å². The molecule has 1 aromatic heterocycles. The number of hydrogen-bond acceptors (Lipinski definition) is 3. The van der Waals surface area contributed by atoms with E-state index in [4.69, 9.17) is 11.6 Å². The molecule has 7 heteroatoms. The van der Waals surface area contributed by atoms with Crippen molar-refractivity contribution in [3.63, 3.8) is 0 Å². The van der Waals surface area contributed by atoms with Gasteiger partial charge >= 0.3 is 5.97 Å². The van der Waals surface area contributed by atoms with Crippen molar-refractivity contribution in [3.05, 3.63) is 51.8 Å². The molecule has 1 aromatic carbocycles. The molecule has 6 nitrogen and oxygen atoms in total. The monoisotopic (exact) mass is 391 g/mol. The second kappa shape index (κ2) is 9.04. The number of halogens is 1. The number of aryl methyl sites for hydroxylation is 1. The molecule has 146 valence electrons. The Balaban J connectivity index is 2.03. The third-order valence-electron chi connectivity index (χ3n) is 4.43. The van der Waals surface area contributed by atoms with Gasteiger partial charge in [0.15, 0.2) is 6.04 Å². The fraction of sp³-hybridized carbons (Fsp3) is 0.450. The average molecular weight is 392 g/mol. The Morgan fingerprint density at radius 1 is 1.22 bits per heavy atom. The van der Waals surface area contributed by atoms with Gasteiger partial charge in [-0.25, -0.2) is 4.79 Å². The highest BCUT2D eigenvalue weighted by atomic mass is 35.5. The summed E-state index contributed by atoms with van der Waals surface area (Å²) in [6.07, 6.45) is 0.723. The second-order valence-electron chi connectivity index (χ2n) is 7.12. The van der Waals surface area contributed by atoms with Crippen LogP contribution in [-0.4, -0.2) is 26.8 Å². The minimum Gasteiger partial charge on any atom is -0.479 e. The lowest BCUT2D eigenvalue weighted by Gasteiger charge is -2.15. The highest BCUT2D eigenvalue weighted by Gasteiger charge is 2.22. The van der Waals surface area contributed by atoms with Crippen molar-refractivity contribution in [3.8, 4) is 0 Å². The van der Waals surface area contributed by atoms with Crippen LogP contribution in [-0.2, 0) is 22.6 Å². The molecule has 0 spiro atoms. The maximum Gasteiger partial charge on any atom is 0.330 e. The summed E-state index contributed by atoms with van der Waals surface area (Å²) in [7, 11) is 0. The molecule has 1 atom stereocenters. The SMILES string of the molecule is Cc1nn(CC(C)C)c(C)c1CCC(=O)NC(C(=O)O)c1ccc(Cl)cc1. The standard InChI is InChI=1S/C20H26ClN3O3/c1-12(2)11-24-14(4)17(13(3)23-24)9-10-18(25)22-19(20(26)27)15-5-7-16(21)8-6-15/h5-8,12,19H,9-11H2,1-4H3,(H,22,25)(H,26,27). The molecule has 0 radical (unpaired) electrons. The van der Waals surface area contributed by atoms with Gasteiger partial charge in [-0.2, -0.15) is 5.10 Å². The van der Waals surface area contributed by atoms with Gasteiger partial charge in [0.2, 0.25) is 5.91 Å². The summed E-state index contributed by atoms with van der Waals surface area (Å²) in [4.78, 5) is 23.9. The normalized spacial score (nSPS) is 12.2. The Morgan fingerprint density at radius 3 is 2.41 bits per heavy atom. The first-order valence-electron chi connectivity index (χ1n) is 8.99. The topological polar surface area (TPSA) is 84.2 Å². The lowest BCUT2D eigenvalue weighted by Crippen LogP contribution is -2.33. The summed E-state index contributed by atoms with van der Waals surface area (Å²) in [6, 6.07) is 5.32. The number of nitrogens with one attached hydrogen (secondary N) is 1. The lowest BCUT2D eigenvalue weighted by atomic mass is 10.1. The van der Waals surface area contributed by atoms with Gasteiger partial charge in [0, 0.05) is 23.7 Å². The Kier molecular flexibility index (Phi) is 7.02. The Hall–Kier alpha value is -2.34. The molecule has 2 N–H and O–H groups in total. The molecule has 0 aliphatic carbocycles. The van der Waals surface area contributed by atoms with Crippen LogP contribution in [0.2, 0.25) is 5.02 Å². The molecule has 0 saturated heterocycles. The van der Waals surface area contributed by atoms with Crippen LogP contribution in [0.1, 0.15) is 48.8 Å². The highest BCUT2D eigenvalue weighted by Crippen LogP contribution is 2.19.